The highest BCUT2D eigenvalue weighted by atomic mass is 14.0. The van der Waals surface area contributed by atoms with Gasteiger partial charge in [-0.3, -0.25) is 0 Å². The fourth-order valence-electron chi connectivity index (χ4n) is 1.74. The number of rotatable bonds is 3. The van der Waals surface area contributed by atoms with Crippen LogP contribution in [0.1, 0.15) is 17.5 Å². The van der Waals surface area contributed by atoms with E-state index in [1.54, 1.807) is 0 Å². The summed E-state index contributed by atoms with van der Waals surface area (Å²) in [6, 6.07) is 20.4. The molecule has 0 aliphatic carbocycles. The van der Waals surface area contributed by atoms with Gasteiger partial charge in [-0.05, 0) is 24.1 Å². The van der Waals surface area contributed by atoms with Crippen molar-refractivity contribution in [1.29, 1.82) is 0 Å². The molecule has 0 spiro atoms. The van der Waals surface area contributed by atoms with Crippen molar-refractivity contribution in [1.82, 2.24) is 0 Å². The van der Waals surface area contributed by atoms with Crippen molar-refractivity contribution in [3.05, 3.63) is 83.9 Å². The van der Waals surface area contributed by atoms with Crippen LogP contribution in [-0.2, 0) is 6.42 Å². The van der Waals surface area contributed by atoms with Crippen molar-refractivity contribution >= 4 is 0 Å². The number of allylic oxidation sites excluding steroid dienone is 1. The van der Waals surface area contributed by atoms with Crippen LogP contribution in [0.4, 0.5) is 0 Å². The third kappa shape index (κ3) is 3.96. The lowest BCUT2D eigenvalue weighted by molar-refractivity contribution is 1.09. The zero-order valence-electron chi connectivity index (χ0n) is 10.4. The van der Waals surface area contributed by atoms with Gasteiger partial charge in [0, 0.05) is 12.0 Å². The quantitative estimate of drug-likeness (QED) is 0.549. The predicted molar refractivity (Wildman–Crippen MR) is 77.2 cm³/mol. The topological polar surface area (TPSA) is 0 Å². The second-order valence-corrected chi connectivity index (χ2v) is 4.26. The van der Waals surface area contributed by atoms with Crippen molar-refractivity contribution in [2.75, 3.05) is 0 Å². The molecule has 0 N–H and O–H groups in total. The van der Waals surface area contributed by atoms with Crippen LogP contribution >= 0.6 is 0 Å². The maximum atomic E-state index is 4.08. The molecule has 0 unspecified atom stereocenters. The van der Waals surface area contributed by atoms with E-state index >= 15 is 0 Å². The smallest absolute Gasteiger partial charge is 0.0303 e. The third-order valence-corrected chi connectivity index (χ3v) is 2.64. The molecule has 0 saturated heterocycles. The van der Waals surface area contributed by atoms with Crippen molar-refractivity contribution in [3.63, 3.8) is 0 Å². The first-order valence-corrected chi connectivity index (χ1v) is 6.09. The zero-order valence-corrected chi connectivity index (χ0v) is 10.4. The number of hydrogen-bond donors (Lipinski definition) is 0. The maximum absolute atomic E-state index is 4.08. The van der Waals surface area contributed by atoms with E-state index in [0.29, 0.717) is 0 Å². The zero-order chi connectivity index (χ0) is 12.6. The molecule has 2 aromatic rings. The molecule has 0 aromatic heterocycles. The minimum absolute atomic E-state index is 0.754. The van der Waals surface area contributed by atoms with E-state index in [9.17, 15) is 0 Å². The average molecular weight is 232 g/mol. The second-order valence-electron chi connectivity index (χ2n) is 4.26. The average Bonchev–Trinajstić information content (AvgIpc) is 2.41. The van der Waals surface area contributed by atoms with Crippen LogP contribution in [0.2, 0.25) is 0 Å². The summed E-state index contributed by atoms with van der Waals surface area (Å²) in [5.41, 5.74) is 3.51. The Morgan fingerprint density at radius 2 is 1.50 bits per heavy atom. The molecule has 0 saturated carbocycles. The van der Waals surface area contributed by atoms with Crippen LogP contribution in [0.5, 0.6) is 0 Å². The third-order valence-electron chi connectivity index (χ3n) is 2.64. The molecule has 0 heterocycles. The molecule has 18 heavy (non-hydrogen) atoms. The number of benzene rings is 2. The summed E-state index contributed by atoms with van der Waals surface area (Å²) in [4.78, 5) is 0. The Balaban J connectivity index is 1.88. The van der Waals surface area contributed by atoms with Crippen LogP contribution in [0, 0.1) is 11.8 Å². The van der Waals surface area contributed by atoms with Gasteiger partial charge < -0.3 is 0 Å². The van der Waals surface area contributed by atoms with Crippen LogP contribution in [0.3, 0.4) is 0 Å². The van der Waals surface area contributed by atoms with Crippen molar-refractivity contribution in [2.45, 2.75) is 12.8 Å². The highest BCUT2D eigenvalue weighted by Gasteiger charge is 1.94. The Hall–Kier alpha value is -2.26. The molecule has 0 bridgehead atoms. The molecule has 0 aliphatic heterocycles. The Kier molecular flexibility index (Phi) is 4.39. The Bertz CT molecular complexity index is 553. The monoisotopic (exact) mass is 232 g/mol. The first-order valence-electron chi connectivity index (χ1n) is 6.09. The minimum atomic E-state index is 0.754. The molecule has 2 aromatic carbocycles. The molecule has 0 nitrogen and oxygen atoms in total. The van der Waals surface area contributed by atoms with Gasteiger partial charge in [0.25, 0.3) is 0 Å². The summed E-state index contributed by atoms with van der Waals surface area (Å²) in [6.45, 7) is 4.08. The second kappa shape index (κ2) is 6.47. The lowest BCUT2D eigenvalue weighted by atomic mass is 10.0. The van der Waals surface area contributed by atoms with Crippen LogP contribution in [-0.4, -0.2) is 0 Å². The maximum Gasteiger partial charge on any atom is 0.0303 e. The van der Waals surface area contributed by atoms with Crippen LogP contribution in [0.15, 0.2) is 72.8 Å². The highest BCUT2D eigenvalue weighted by Crippen LogP contribution is 2.08. The largest absolute Gasteiger partial charge is 0.0986 e. The molecule has 0 atom stereocenters. The highest BCUT2D eigenvalue weighted by molar-refractivity contribution is 5.35. The van der Waals surface area contributed by atoms with Gasteiger partial charge in [0.2, 0.25) is 0 Å². The summed E-state index contributed by atoms with van der Waals surface area (Å²) >= 11 is 0. The molecule has 0 heteroatoms. The predicted octanol–water partition coefficient (Wildman–Crippen LogP) is 4.23. The van der Waals surface area contributed by atoms with Crippen molar-refractivity contribution in [3.8, 4) is 11.8 Å². The molecular formula is C18H16. The molecule has 88 valence electrons. The van der Waals surface area contributed by atoms with E-state index in [1.807, 2.05) is 36.4 Å². The van der Waals surface area contributed by atoms with E-state index in [0.717, 1.165) is 24.0 Å². The van der Waals surface area contributed by atoms with E-state index in [2.05, 4.69) is 42.7 Å². The molecule has 0 fully saturated rings. The van der Waals surface area contributed by atoms with Crippen LogP contribution in [0.25, 0.3) is 0 Å². The lowest BCUT2D eigenvalue weighted by Gasteiger charge is -2.01. The SMILES string of the molecule is C=C(CC#Cc1ccccc1)Cc1ccccc1. The molecule has 0 aliphatic rings. The summed E-state index contributed by atoms with van der Waals surface area (Å²) in [5.74, 6) is 6.32. The summed E-state index contributed by atoms with van der Waals surface area (Å²) < 4.78 is 0. The molecule has 2 rings (SSSR count). The molecule has 0 radical (unpaired) electrons. The first-order chi connectivity index (χ1) is 8.84. The van der Waals surface area contributed by atoms with Gasteiger partial charge in [-0.15, -0.1) is 0 Å². The number of hydrogen-bond acceptors (Lipinski definition) is 0. The molecule has 0 amide bonds. The summed E-state index contributed by atoms with van der Waals surface area (Å²) in [7, 11) is 0. The van der Waals surface area contributed by atoms with Gasteiger partial charge in [-0.1, -0.05) is 72.5 Å². The van der Waals surface area contributed by atoms with Crippen LogP contribution < -0.4 is 0 Å². The minimum Gasteiger partial charge on any atom is -0.0986 e. The van der Waals surface area contributed by atoms with E-state index in [-0.39, 0.29) is 0 Å². The Labute approximate surface area is 109 Å². The first kappa shape index (κ1) is 12.2. The van der Waals surface area contributed by atoms with Crippen molar-refractivity contribution in [2.24, 2.45) is 0 Å². The fraction of sp³-hybridized carbons (Fsp3) is 0.111. The van der Waals surface area contributed by atoms with E-state index in [1.165, 1.54) is 5.56 Å². The van der Waals surface area contributed by atoms with Gasteiger partial charge in [-0.25, -0.2) is 0 Å². The van der Waals surface area contributed by atoms with E-state index < -0.39 is 0 Å². The fourth-order valence-corrected chi connectivity index (χ4v) is 1.74. The van der Waals surface area contributed by atoms with Gasteiger partial charge in [0.15, 0.2) is 0 Å². The lowest BCUT2D eigenvalue weighted by Crippen LogP contribution is -1.87. The van der Waals surface area contributed by atoms with Gasteiger partial charge in [-0.2, -0.15) is 0 Å². The standard InChI is InChI=1S/C18H16/c1-16(15-18-12-6-3-7-13-18)9-8-14-17-10-4-2-5-11-17/h2-7,10-13H,1,9,15H2. The van der Waals surface area contributed by atoms with Gasteiger partial charge in [0.05, 0.1) is 0 Å². The van der Waals surface area contributed by atoms with Gasteiger partial charge >= 0.3 is 0 Å². The van der Waals surface area contributed by atoms with E-state index in [4.69, 9.17) is 0 Å². The summed E-state index contributed by atoms with van der Waals surface area (Å²) in [6.07, 6.45) is 1.66. The Morgan fingerprint density at radius 3 is 2.17 bits per heavy atom. The van der Waals surface area contributed by atoms with Gasteiger partial charge in [0.1, 0.15) is 0 Å². The Morgan fingerprint density at radius 1 is 0.889 bits per heavy atom. The molecular weight excluding hydrogens is 216 g/mol. The van der Waals surface area contributed by atoms with Crippen molar-refractivity contribution < 1.29 is 0 Å². The summed E-state index contributed by atoms with van der Waals surface area (Å²) in [5, 5.41) is 0. The normalized spacial score (nSPS) is 9.33.